The number of benzene rings is 1. The van der Waals surface area contributed by atoms with Gasteiger partial charge in [0.05, 0.1) is 12.1 Å². The number of halogens is 3. The summed E-state index contributed by atoms with van der Waals surface area (Å²) < 4.78 is 69.7. The highest BCUT2D eigenvalue weighted by molar-refractivity contribution is 7.89. The van der Waals surface area contributed by atoms with E-state index in [1.165, 1.54) is 32.0 Å². The Balaban J connectivity index is 2.16. The zero-order valence-electron chi connectivity index (χ0n) is 12.7. The highest BCUT2D eigenvalue weighted by atomic mass is 32.2. The number of aryl methyl sites for hydroxylation is 2. The summed E-state index contributed by atoms with van der Waals surface area (Å²) in [4.78, 5) is -0.0972. The molecular weight excluding hydrogens is 345 g/mol. The lowest BCUT2D eigenvalue weighted by molar-refractivity contribution is -0.137. The van der Waals surface area contributed by atoms with E-state index in [0.29, 0.717) is 0 Å². The third-order valence-electron chi connectivity index (χ3n) is 3.04. The minimum absolute atomic E-state index is 0.0972. The van der Waals surface area contributed by atoms with Crippen LogP contribution in [-0.4, -0.2) is 20.1 Å². The van der Waals surface area contributed by atoms with Gasteiger partial charge >= 0.3 is 6.18 Å². The van der Waals surface area contributed by atoms with E-state index in [9.17, 15) is 21.6 Å². The Labute approximate surface area is 136 Å². The molecule has 0 aliphatic heterocycles. The van der Waals surface area contributed by atoms with Gasteiger partial charge in [0.25, 0.3) is 0 Å². The monoisotopic (exact) mass is 358 g/mol. The third-order valence-corrected chi connectivity index (χ3v) is 4.69. The van der Waals surface area contributed by atoms with Crippen LogP contribution in [0.5, 0.6) is 0 Å². The lowest BCUT2D eigenvalue weighted by Gasteiger charge is -2.08. The van der Waals surface area contributed by atoms with Gasteiger partial charge in [-0.05, 0) is 26.0 Å². The van der Waals surface area contributed by atoms with Crippen LogP contribution in [0.25, 0.3) is 0 Å². The van der Waals surface area contributed by atoms with Gasteiger partial charge in [-0.2, -0.15) is 17.9 Å². The molecule has 5 nitrogen and oxygen atoms in total. The Morgan fingerprint density at radius 3 is 2.50 bits per heavy atom. The molecule has 2 rings (SSSR count). The maximum Gasteiger partial charge on any atom is 0.417 e. The molecule has 24 heavy (non-hydrogen) atoms. The lowest BCUT2D eigenvalue weighted by atomic mass is 10.1. The lowest BCUT2D eigenvalue weighted by Crippen LogP contribution is -2.25. The van der Waals surface area contributed by atoms with Crippen molar-refractivity contribution in [2.45, 2.75) is 24.9 Å². The van der Waals surface area contributed by atoms with Gasteiger partial charge in [-0.3, -0.25) is 0 Å². The fraction of sp³-hybridized carbons (Fsp3) is 0.267. The summed E-state index contributed by atoms with van der Waals surface area (Å²) in [5, 5.41) is 3.54. The molecule has 1 heterocycles. The zero-order chi connectivity index (χ0) is 18.0. The smallest absolute Gasteiger partial charge is 0.360 e. The van der Waals surface area contributed by atoms with E-state index in [2.05, 4.69) is 21.7 Å². The molecule has 0 atom stereocenters. The quantitative estimate of drug-likeness (QED) is 0.857. The molecule has 0 amide bonds. The van der Waals surface area contributed by atoms with E-state index in [1.807, 2.05) is 0 Å². The predicted octanol–water partition coefficient (Wildman–Crippen LogP) is 2.64. The van der Waals surface area contributed by atoms with Crippen molar-refractivity contribution < 1.29 is 26.1 Å². The van der Waals surface area contributed by atoms with E-state index in [1.54, 1.807) is 0 Å². The van der Waals surface area contributed by atoms with Gasteiger partial charge in [-0.25, -0.2) is 8.42 Å². The normalized spacial score (nSPS) is 11.9. The molecule has 0 bridgehead atoms. The van der Waals surface area contributed by atoms with Gasteiger partial charge in [0.1, 0.15) is 10.6 Å². The van der Waals surface area contributed by atoms with Gasteiger partial charge in [-0.15, -0.1) is 0 Å². The van der Waals surface area contributed by atoms with Gasteiger partial charge in [-0.1, -0.05) is 29.1 Å². The van der Waals surface area contributed by atoms with Crippen LogP contribution in [0.3, 0.4) is 0 Å². The highest BCUT2D eigenvalue weighted by Crippen LogP contribution is 2.31. The molecule has 2 aromatic rings. The van der Waals surface area contributed by atoms with Crippen molar-refractivity contribution in [1.82, 2.24) is 9.88 Å². The first-order chi connectivity index (χ1) is 11.1. The number of nitrogens with zero attached hydrogens (tertiary/aromatic N) is 1. The molecule has 128 valence electrons. The maximum atomic E-state index is 12.8. The van der Waals surface area contributed by atoms with Crippen molar-refractivity contribution in [1.29, 1.82) is 0 Å². The van der Waals surface area contributed by atoms with E-state index in [0.717, 1.165) is 6.07 Å². The SMILES string of the molecule is Cc1noc(C)c1S(=O)(=O)NCC#Cc1ccccc1C(F)(F)F. The van der Waals surface area contributed by atoms with E-state index < -0.39 is 21.8 Å². The van der Waals surface area contributed by atoms with Crippen molar-refractivity contribution in [3.63, 3.8) is 0 Å². The molecule has 1 aromatic carbocycles. The molecule has 0 saturated heterocycles. The number of rotatable bonds is 3. The second-order valence-electron chi connectivity index (χ2n) is 4.82. The summed E-state index contributed by atoms with van der Waals surface area (Å²) in [6, 6.07) is 4.82. The second-order valence-corrected chi connectivity index (χ2v) is 6.53. The number of sulfonamides is 1. The van der Waals surface area contributed by atoms with Gasteiger partial charge < -0.3 is 4.52 Å². The first-order valence-electron chi connectivity index (χ1n) is 6.70. The van der Waals surface area contributed by atoms with Gasteiger partial charge in [0.15, 0.2) is 5.76 Å². The number of aromatic nitrogens is 1. The third kappa shape index (κ3) is 3.96. The number of hydrogen-bond donors (Lipinski definition) is 1. The first kappa shape index (κ1) is 18.0. The summed E-state index contributed by atoms with van der Waals surface area (Å²) in [5.74, 6) is 4.83. The van der Waals surface area contributed by atoms with Crippen LogP contribution in [-0.2, 0) is 16.2 Å². The Morgan fingerprint density at radius 2 is 1.92 bits per heavy atom. The molecule has 9 heteroatoms. The minimum atomic E-state index is -4.53. The molecule has 1 N–H and O–H groups in total. The van der Waals surface area contributed by atoms with Crippen LogP contribution >= 0.6 is 0 Å². The predicted molar refractivity (Wildman–Crippen MR) is 79.5 cm³/mol. The van der Waals surface area contributed by atoms with Crippen molar-refractivity contribution in [2.75, 3.05) is 6.54 Å². The molecule has 0 aliphatic carbocycles. The fourth-order valence-electron chi connectivity index (χ4n) is 2.04. The van der Waals surface area contributed by atoms with Crippen molar-refractivity contribution in [2.24, 2.45) is 0 Å². The van der Waals surface area contributed by atoms with Crippen LogP contribution in [0, 0.1) is 25.7 Å². The molecular formula is C15H13F3N2O3S. The Kier molecular flexibility index (Phi) is 5.01. The van der Waals surface area contributed by atoms with Crippen molar-refractivity contribution in [3.05, 3.63) is 46.8 Å². The van der Waals surface area contributed by atoms with Gasteiger partial charge in [0, 0.05) is 5.56 Å². The largest absolute Gasteiger partial charge is 0.417 e. The number of nitrogens with one attached hydrogen (secondary N) is 1. The van der Waals surface area contributed by atoms with Crippen LogP contribution in [0.2, 0.25) is 0 Å². The number of hydrogen-bond acceptors (Lipinski definition) is 4. The van der Waals surface area contributed by atoms with Crippen molar-refractivity contribution in [3.8, 4) is 11.8 Å². The van der Waals surface area contributed by atoms with Crippen molar-refractivity contribution >= 4 is 10.0 Å². The summed E-state index contributed by atoms with van der Waals surface area (Å²) >= 11 is 0. The topological polar surface area (TPSA) is 72.2 Å². The standard InChI is InChI=1S/C15H13F3N2O3S/c1-10-14(11(2)23-20-10)24(21,22)19-9-5-7-12-6-3-4-8-13(12)15(16,17)18/h3-4,6,8,19H,9H2,1-2H3. The maximum absolute atomic E-state index is 12.8. The summed E-state index contributed by atoms with van der Waals surface area (Å²) in [6.07, 6.45) is -4.53. The molecule has 0 fully saturated rings. The molecule has 0 saturated carbocycles. The fourth-order valence-corrected chi connectivity index (χ4v) is 3.29. The molecule has 0 aliphatic rings. The minimum Gasteiger partial charge on any atom is -0.360 e. The van der Waals surface area contributed by atoms with E-state index >= 15 is 0 Å². The van der Waals surface area contributed by atoms with Crippen LogP contribution < -0.4 is 4.72 Å². The van der Waals surface area contributed by atoms with E-state index in [-0.39, 0.29) is 28.5 Å². The highest BCUT2D eigenvalue weighted by Gasteiger charge is 2.32. The Bertz CT molecular complexity index is 887. The molecule has 0 spiro atoms. The summed E-state index contributed by atoms with van der Waals surface area (Å²) in [5.41, 5.74) is -0.900. The summed E-state index contributed by atoms with van der Waals surface area (Å²) in [7, 11) is -3.90. The van der Waals surface area contributed by atoms with Gasteiger partial charge in [0.2, 0.25) is 10.0 Å². The van der Waals surface area contributed by atoms with E-state index in [4.69, 9.17) is 4.52 Å². The molecule has 0 radical (unpaired) electrons. The Hall–Kier alpha value is -2.31. The number of alkyl halides is 3. The van der Waals surface area contributed by atoms with Crippen LogP contribution in [0.15, 0.2) is 33.7 Å². The zero-order valence-corrected chi connectivity index (χ0v) is 13.5. The molecule has 1 aromatic heterocycles. The first-order valence-corrected chi connectivity index (χ1v) is 8.19. The Morgan fingerprint density at radius 1 is 1.25 bits per heavy atom. The van der Waals surface area contributed by atoms with Crippen LogP contribution in [0.1, 0.15) is 22.6 Å². The average molecular weight is 358 g/mol. The second kappa shape index (κ2) is 6.67. The summed E-state index contributed by atoms with van der Waals surface area (Å²) in [6.45, 7) is 2.56. The average Bonchev–Trinajstić information content (AvgIpc) is 2.83. The molecule has 0 unspecified atom stereocenters. The van der Waals surface area contributed by atoms with Crippen LogP contribution in [0.4, 0.5) is 13.2 Å².